The van der Waals surface area contributed by atoms with E-state index in [1.165, 1.54) is 248 Å². The van der Waals surface area contributed by atoms with E-state index < -0.39 is 0 Å². The van der Waals surface area contributed by atoms with Crippen molar-refractivity contribution >= 4 is 131 Å². The second kappa shape index (κ2) is 37.4. The van der Waals surface area contributed by atoms with Crippen LogP contribution >= 0.6 is 0 Å². The SMILES string of the molecule is c1ccc(-c2ccc(-n3c4ccccc4c4cc(-c5ccc6c(c5)c5ccccc5n6-c5cccc(-c6ccccc6)c5)ccc43)cc2)cc1.c1ccc(-c2cccc(-n3c4ccccc4c4cc(-c5ccc6c(c5)c5ccccc5n6-c5ccccc5-c5ccccc5)ccc43)c2)cc1.c1ccc(-c2ccccc2-n2c3ccccc3c3cc(-c4ccc5c(c4)c4ccccc4n5-c4ccccc4-c4ccccc4)ccc32)cc1. The first kappa shape index (κ1) is 87.8. The van der Waals surface area contributed by atoms with Gasteiger partial charge in [-0.2, -0.15) is 0 Å². The summed E-state index contributed by atoms with van der Waals surface area (Å²) in [7, 11) is 0. The van der Waals surface area contributed by atoms with E-state index in [-0.39, 0.29) is 0 Å². The van der Waals surface area contributed by atoms with E-state index in [0.717, 1.165) is 17.1 Å². The van der Waals surface area contributed by atoms with Crippen molar-refractivity contribution in [1.82, 2.24) is 27.4 Å². The molecular formula is C144H96N6. The fourth-order valence-corrected chi connectivity index (χ4v) is 23.5. The zero-order valence-corrected chi connectivity index (χ0v) is 82.1. The summed E-state index contributed by atoms with van der Waals surface area (Å²) in [6, 6.07) is 211. The molecule has 0 amide bonds. The molecule has 0 fully saturated rings. The first-order valence-corrected chi connectivity index (χ1v) is 51.6. The van der Waals surface area contributed by atoms with E-state index in [0.29, 0.717) is 0 Å². The van der Waals surface area contributed by atoms with Gasteiger partial charge >= 0.3 is 0 Å². The van der Waals surface area contributed by atoms with Gasteiger partial charge in [0.2, 0.25) is 0 Å². The first-order chi connectivity index (χ1) is 74.4. The van der Waals surface area contributed by atoms with Gasteiger partial charge in [0.1, 0.15) is 0 Å². The highest BCUT2D eigenvalue weighted by atomic mass is 15.0. The Morgan fingerprint density at radius 3 is 0.527 bits per heavy atom. The fraction of sp³-hybridized carbons (Fsp3) is 0. The Morgan fingerprint density at radius 2 is 0.260 bits per heavy atom. The number of rotatable bonds is 15. The molecule has 6 nitrogen and oxygen atoms in total. The second-order valence-electron chi connectivity index (χ2n) is 38.9. The molecule has 702 valence electrons. The highest BCUT2D eigenvalue weighted by Crippen LogP contribution is 2.47. The quantitative estimate of drug-likeness (QED) is 0.0979. The Hall–Kier alpha value is -19.9. The lowest BCUT2D eigenvalue weighted by Crippen LogP contribution is -1.97. The number of hydrogen-bond acceptors (Lipinski definition) is 0. The number of fused-ring (bicyclic) bond motifs is 18. The summed E-state index contributed by atoms with van der Waals surface area (Å²) >= 11 is 0. The molecule has 0 saturated heterocycles. The van der Waals surface area contributed by atoms with Crippen molar-refractivity contribution in [3.05, 3.63) is 582 Å². The zero-order valence-electron chi connectivity index (χ0n) is 82.1. The lowest BCUT2D eigenvalue weighted by atomic mass is 10.0. The highest BCUT2D eigenvalue weighted by molar-refractivity contribution is 6.18. The van der Waals surface area contributed by atoms with Crippen LogP contribution in [0.1, 0.15) is 0 Å². The van der Waals surface area contributed by atoms with Crippen molar-refractivity contribution in [2.45, 2.75) is 0 Å². The van der Waals surface area contributed by atoms with Crippen molar-refractivity contribution in [2.24, 2.45) is 0 Å². The van der Waals surface area contributed by atoms with Crippen LogP contribution in [0, 0.1) is 0 Å². The Labute approximate surface area is 868 Å². The van der Waals surface area contributed by atoms with Crippen LogP contribution in [0.3, 0.4) is 0 Å². The Balaban J connectivity index is 0.000000108. The maximum Gasteiger partial charge on any atom is 0.0541 e. The van der Waals surface area contributed by atoms with Crippen molar-refractivity contribution < 1.29 is 0 Å². The van der Waals surface area contributed by atoms with E-state index in [9.17, 15) is 0 Å². The maximum absolute atomic E-state index is 2.43. The van der Waals surface area contributed by atoms with E-state index >= 15 is 0 Å². The first-order valence-electron chi connectivity index (χ1n) is 51.6. The van der Waals surface area contributed by atoms with E-state index in [1.54, 1.807) is 0 Å². The van der Waals surface area contributed by atoms with Crippen LogP contribution in [-0.4, -0.2) is 27.4 Å². The van der Waals surface area contributed by atoms with Crippen LogP contribution in [0.4, 0.5) is 0 Å². The van der Waals surface area contributed by atoms with Gasteiger partial charge in [-0.1, -0.05) is 419 Å². The minimum absolute atomic E-state index is 1.16. The normalized spacial score (nSPS) is 11.6. The molecule has 0 atom stereocenters. The summed E-state index contributed by atoms with van der Waals surface area (Å²) in [4.78, 5) is 0. The molecule has 0 aliphatic rings. The Bertz CT molecular complexity index is 10200. The molecule has 0 radical (unpaired) electrons. The zero-order chi connectivity index (χ0) is 99.1. The van der Waals surface area contributed by atoms with E-state index in [1.807, 2.05) is 0 Å². The average Bonchev–Trinajstić information content (AvgIpc) is 1.57. The van der Waals surface area contributed by atoms with Crippen LogP contribution in [0.2, 0.25) is 0 Å². The molecule has 6 heteroatoms. The molecule has 0 aliphatic carbocycles. The summed E-state index contributed by atoms with van der Waals surface area (Å²) in [5.41, 5.74) is 43.4. The summed E-state index contributed by atoms with van der Waals surface area (Å²) in [6.07, 6.45) is 0. The van der Waals surface area contributed by atoms with Gasteiger partial charge in [0.25, 0.3) is 0 Å². The van der Waals surface area contributed by atoms with Crippen molar-refractivity contribution in [1.29, 1.82) is 0 Å². The minimum Gasteiger partial charge on any atom is -0.309 e. The number of hydrogen-bond donors (Lipinski definition) is 0. The number of para-hydroxylation sites is 9. The molecule has 150 heavy (non-hydrogen) atoms. The molecule has 6 heterocycles. The third-order valence-corrected chi connectivity index (χ3v) is 30.4. The van der Waals surface area contributed by atoms with Crippen LogP contribution in [-0.2, 0) is 0 Å². The van der Waals surface area contributed by atoms with Gasteiger partial charge in [0, 0.05) is 98.4 Å². The van der Waals surface area contributed by atoms with Crippen LogP contribution in [0.5, 0.6) is 0 Å². The van der Waals surface area contributed by atoms with Gasteiger partial charge < -0.3 is 27.4 Å². The van der Waals surface area contributed by atoms with Crippen molar-refractivity contribution in [3.63, 3.8) is 0 Å². The molecule has 0 spiro atoms. The number of aromatic nitrogens is 6. The maximum atomic E-state index is 2.43. The van der Waals surface area contributed by atoms with Crippen LogP contribution in [0.25, 0.3) is 265 Å². The predicted octanol–water partition coefficient (Wildman–Crippen LogP) is 38.6. The van der Waals surface area contributed by atoms with Gasteiger partial charge in [-0.15, -0.1) is 0 Å². The lowest BCUT2D eigenvalue weighted by Gasteiger charge is -2.14. The molecule has 0 bridgehead atoms. The molecule has 0 unspecified atom stereocenters. The lowest BCUT2D eigenvalue weighted by molar-refractivity contribution is 1.18. The smallest absolute Gasteiger partial charge is 0.0541 e. The largest absolute Gasteiger partial charge is 0.309 e. The third kappa shape index (κ3) is 15.4. The van der Waals surface area contributed by atoms with E-state index in [2.05, 4.69) is 610 Å². The van der Waals surface area contributed by atoms with Gasteiger partial charge in [-0.3, -0.25) is 0 Å². The standard InChI is InChI=1S/3C48H32N2/c1-3-15-33(16-4-1)37-19-7-11-23-43(37)49-45-25-13-9-21-39(45)41-31-35(27-29-47(41)49)36-28-30-48-42(32-36)40-22-10-14-26-46(40)50(48)44-24-12-8-20-38(44)34-17-5-2-6-18-34;1-3-14-33(15-4-1)35-18-13-19-38(30-35)49-45-24-11-8-21-40(45)42-31-36(26-28-47(42)49)37-27-29-48-43(32-37)41-22-9-12-25-46(41)50(48)44-23-10-7-20-39(44)34-16-5-2-6-17-34;1-3-12-33(13-4-1)35-22-26-39(27-23-35)49-45-20-9-7-18-41(45)43-31-37(24-28-47(43)49)38-25-29-48-44(32-38)42-19-8-10-21-46(42)50(48)40-17-11-16-36(30-40)34-14-5-2-6-15-34/h3*1-32H. The van der Waals surface area contributed by atoms with Crippen molar-refractivity contribution in [2.75, 3.05) is 0 Å². The number of benzene rings is 24. The third-order valence-electron chi connectivity index (χ3n) is 30.4. The summed E-state index contributed by atoms with van der Waals surface area (Å²) in [5.74, 6) is 0. The van der Waals surface area contributed by atoms with Crippen molar-refractivity contribution in [3.8, 4) is 134 Å². The van der Waals surface area contributed by atoms with Crippen LogP contribution < -0.4 is 0 Å². The Morgan fingerprint density at radius 1 is 0.0867 bits per heavy atom. The summed E-state index contributed by atoms with van der Waals surface area (Å²) < 4.78 is 14.5. The molecule has 6 aromatic heterocycles. The molecule has 0 aliphatic heterocycles. The fourth-order valence-electron chi connectivity index (χ4n) is 23.5. The molecule has 0 N–H and O–H groups in total. The monoisotopic (exact) mass is 1910 g/mol. The second-order valence-corrected chi connectivity index (χ2v) is 38.9. The number of nitrogens with zero attached hydrogens (tertiary/aromatic N) is 6. The van der Waals surface area contributed by atoms with Gasteiger partial charge in [-0.05, 0) is 247 Å². The minimum atomic E-state index is 1.16. The average molecular weight is 1910 g/mol. The van der Waals surface area contributed by atoms with Crippen LogP contribution in [0.15, 0.2) is 582 Å². The molecule has 24 aromatic carbocycles. The highest BCUT2D eigenvalue weighted by Gasteiger charge is 2.25. The molecule has 0 saturated carbocycles. The molecular weight excluding hydrogens is 1810 g/mol. The molecule has 30 aromatic rings. The van der Waals surface area contributed by atoms with Gasteiger partial charge in [0.05, 0.1) is 83.3 Å². The Kier molecular flexibility index (Phi) is 21.9. The van der Waals surface area contributed by atoms with Gasteiger partial charge in [-0.25, -0.2) is 0 Å². The predicted molar refractivity (Wildman–Crippen MR) is 634 cm³/mol. The van der Waals surface area contributed by atoms with E-state index in [4.69, 9.17) is 0 Å². The summed E-state index contributed by atoms with van der Waals surface area (Å²) in [5, 5.41) is 15.0. The van der Waals surface area contributed by atoms with Gasteiger partial charge in [0.15, 0.2) is 0 Å². The molecule has 30 rings (SSSR count). The summed E-state index contributed by atoms with van der Waals surface area (Å²) in [6.45, 7) is 0. The topological polar surface area (TPSA) is 29.6 Å².